The van der Waals surface area contributed by atoms with E-state index in [0.29, 0.717) is 24.5 Å². The summed E-state index contributed by atoms with van der Waals surface area (Å²) in [6.07, 6.45) is 3.30. The molecule has 0 aliphatic heterocycles. The van der Waals surface area contributed by atoms with Gasteiger partial charge in [-0.3, -0.25) is 14.0 Å². The first-order chi connectivity index (χ1) is 10.5. The summed E-state index contributed by atoms with van der Waals surface area (Å²) in [6, 6.07) is 5.36. The minimum absolute atomic E-state index is 0.187. The Morgan fingerprint density at radius 3 is 2.77 bits per heavy atom. The highest BCUT2D eigenvalue weighted by molar-refractivity contribution is 6.02. The number of nitrogens with one attached hydrogen (secondary N) is 2. The molecule has 2 heterocycles. The molecule has 2 aromatic heterocycles. The van der Waals surface area contributed by atoms with E-state index in [0.717, 1.165) is 0 Å². The van der Waals surface area contributed by atoms with Crippen molar-refractivity contribution in [3.05, 3.63) is 48.6 Å². The first-order valence-electron chi connectivity index (χ1n) is 7.19. The van der Waals surface area contributed by atoms with Gasteiger partial charge in [0.1, 0.15) is 0 Å². The number of nitrogens with zero attached hydrogens (tertiary/aromatic N) is 2. The Kier molecular flexibility index (Phi) is 4.93. The van der Waals surface area contributed by atoms with E-state index in [9.17, 15) is 9.59 Å². The molecule has 6 nitrogen and oxygen atoms in total. The van der Waals surface area contributed by atoms with E-state index in [-0.39, 0.29) is 23.3 Å². The Balaban J connectivity index is 2.37. The summed E-state index contributed by atoms with van der Waals surface area (Å²) >= 11 is 0. The molecular weight excluding hydrogens is 280 g/mol. The van der Waals surface area contributed by atoms with Gasteiger partial charge >= 0.3 is 0 Å². The van der Waals surface area contributed by atoms with E-state index in [4.69, 9.17) is 0 Å². The van der Waals surface area contributed by atoms with Crippen molar-refractivity contribution in [2.24, 2.45) is 5.92 Å². The second kappa shape index (κ2) is 6.89. The van der Waals surface area contributed by atoms with Crippen LogP contribution in [0.15, 0.2) is 37.1 Å². The van der Waals surface area contributed by atoms with Crippen LogP contribution in [-0.2, 0) is 0 Å². The topological polar surface area (TPSA) is 75.5 Å². The second-order valence-electron chi connectivity index (χ2n) is 5.34. The fraction of sp³-hybridized carbons (Fsp3) is 0.312. The van der Waals surface area contributed by atoms with Gasteiger partial charge < -0.3 is 10.6 Å². The summed E-state index contributed by atoms with van der Waals surface area (Å²) in [5.41, 5.74) is 0.859. The van der Waals surface area contributed by atoms with Crippen LogP contribution >= 0.6 is 0 Å². The summed E-state index contributed by atoms with van der Waals surface area (Å²) in [6.45, 7) is 8.48. The number of aromatic nitrogens is 2. The Labute approximate surface area is 129 Å². The minimum atomic E-state index is -0.344. The standard InChI is InChI=1S/C16H20N4O2/c1-4-8-17-16(22)14-19-13(15(21)18-10-11(2)3)12-7-5-6-9-20(12)14/h4-7,9,11H,1,8,10H2,2-3H3,(H,17,22)(H,18,21). The van der Waals surface area contributed by atoms with Gasteiger partial charge in [-0.25, -0.2) is 4.98 Å². The Bertz CT molecular complexity index is 703. The van der Waals surface area contributed by atoms with Crippen LogP contribution in [0.1, 0.15) is 35.0 Å². The van der Waals surface area contributed by atoms with Gasteiger partial charge in [-0.2, -0.15) is 0 Å². The van der Waals surface area contributed by atoms with Crippen molar-refractivity contribution in [3.8, 4) is 0 Å². The van der Waals surface area contributed by atoms with Gasteiger partial charge in [0.25, 0.3) is 11.8 Å². The highest BCUT2D eigenvalue weighted by Gasteiger charge is 2.20. The summed E-state index contributed by atoms with van der Waals surface area (Å²) in [7, 11) is 0. The van der Waals surface area contributed by atoms with E-state index in [1.807, 2.05) is 19.9 Å². The molecule has 0 unspecified atom stereocenters. The molecule has 0 aromatic carbocycles. The average Bonchev–Trinajstić information content (AvgIpc) is 2.90. The molecule has 0 aliphatic rings. The minimum Gasteiger partial charge on any atom is -0.350 e. The van der Waals surface area contributed by atoms with Gasteiger partial charge in [-0.1, -0.05) is 26.0 Å². The fourth-order valence-corrected chi connectivity index (χ4v) is 1.99. The fourth-order valence-electron chi connectivity index (χ4n) is 1.99. The van der Waals surface area contributed by atoms with Crippen LogP contribution in [0.3, 0.4) is 0 Å². The Morgan fingerprint density at radius 2 is 2.09 bits per heavy atom. The van der Waals surface area contributed by atoms with E-state index in [1.54, 1.807) is 28.8 Å². The number of hydrogen-bond donors (Lipinski definition) is 2. The maximum absolute atomic E-state index is 12.3. The number of imidazole rings is 1. The van der Waals surface area contributed by atoms with Crippen LogP contribution in [0, 0.1) is 5.92 Å². The molecule has 116 valence electrons. The number of pyridine rings is 1. The molecule has 2 amide bonds. The van der Waals surface area contributed by atoms with Crippen LogP contribution in [-0.4, -0.2) is 34.3 Å². The molecule has 2 aromatic rings. The van der Waals surface area contributed by atoms with Crippen LogP contribution in [0.25, 0.3) is 5.52 Å². The van der Waals surface area contributed by atoms with Gasteiger partial charge in [0, 0.05) is 19.3 Å². The third kappa shape index (κ3) is 3.33. The first-order valence-corrected chi connectivity index (χ1v) is 7.19. The van der Waals surface area contributed by atoms with E-state index >= 15 is 0 Å². The second-order valence-corrected chi connectivity index (χ2v) is 5.34. The summed E-state index contributed by atoms with van der Waals surface area (Å²) in [4.78, 5) is 28.6. The van der Waals surface area contributed by atoms with E-state index in [1.165, 1.54) is 0 Å². The summed E-state index contributed by atoms with van der Waals surface area (Å²) in [5, 5.41) is 5.49. The monoisotopic (exact) mass is 300 g/mol. The number of hydrogen-bond acceptors (Lipinski definition) is 3. The van der Waals surface area contributed by atoms with Crippen molar-refractivity contribution in [1.29, 1.82) is 0 Å². The van der Waals surface area contributed by atoms with Gasteiger partial charge in [0.15, 0.2) is 5.69 Å². The van der Waals surface area contributed by atoms with Gasteiger partial charge in [-0.05, 0) is 18.1 Å². The van der Waals surface area contributed by atoms with Gasteiger partial charge in [0.05, 0.1) is 5.52 Å². The largest absolute Gasteiger partial charge is 0.350 e. The molecule has 22 heavy (non-hydrogen) atoms. The predicted molar refractivity (Wildman–Crippen MR) is 84.9 cm³/mol. The predicted octanol–water partition coefficient (Wildman–Crippen LogP) is 1.64. The zero-order chi connectivity index (χ0) is 16.1. The lowest BCUT2D eigenvalue weighted by atomic mass is 10.2. The number of amides is 2. The molecule has 0 saturated heterocycles. The number of rotatable bonds is 6. The third-order valence-electron chi connectivity index (χ3n) is 3.04. The zero-order valence-electron chi connectivity index (χ0n) is 12.8. The summed E-state index contributed by atoms with van der Waals surface area (Å²) < 4.78 is 1.61. The van der Waals surface area contributed by atoms with Crippen LogP contribution in [0.4, 0.5) is 0 Å². The molecule has 0 bridgehead atoms. The molecule has 2 rings (SSSR count). The molecule has 0 saturated carbocycles. The smallest absolute Gasteiger partial charge is 0.287 e. The van der Waals surface area contributed by atoms with Crippen molar-refractivity contribution < 1.29 is 9.59 Å². The van der Waals surface area contributed by atoms with Crippen molar-refractivity contribution in [1.82, 2.24) is 20.0 Å². The molecule has 0 atom stereocenters. The van der Waals surface area contributed by atoms with E-state index in [2.05, 4.69) is 22.2 Å². The average molecular weight is 300 g/mol. The van der Waals surface area contributed by atoms with E-state index < -0.39 is 0 Å². The normalized spacial score (nSPS) is 10.7. The molecule has 0 radical (unpaired) electrons. The lowest BCUT2D eigenvalue weighted by molar-refractivity contribution is 0.0945. The maximum Gasteiger partial charge on any atom is 0.287 e. The number of carbonyl (C=O) groups excluding carboxylic acids is 2. The first kappa shape index (κ1) is 15.8. The highest BCUT2D eigenvalue weighted by Crippen LogP contribution is 2.13. The van der Waals surface area contributed by atoms with Crippen molar-refractivity contribution in [2.75, 3.05) is 13.1 Å². The van der Waals surface area contributed by atoms with Crippen LogP contribution < -0.4 is 10.6 Å². The number of carbonyl (C=O) groups is 2. The summed E-state index contributed by atoms with van der Waals surface area (Å²) in [5.74, 6) is -0.0930. The molecule has 0 spiro atoms. The third-order valence-corrected chi connectivity index (χ3v) is 3.04. The molecular formula is C16H20N4O2. The van der Waals surface area contributed by atoms with Crippen LogP contribution in [0.2, 0.25) is 0 Å². The van der Waals surface area contributed by atoms with Crippen molar-refractivity contribution in [3.63, 3.8) is 0 Å². The maximum atomic E-state index is 12.3. The van der Waals surface area contributed by atoms with Crippen molar-refractivity contribution >= 4 is 17.3 Å². The van der Waals surface area contributed by atoms with Crippen molar-refractivity contribution in [2.45, 2.75) is 13.8 Å². The SMILES string of the molecule is C=CCNC(=O)c1nc(C(=O)NCC(C)C)c2ccccn12. The molecule has 6 heteroatoms. The number of fused-ring (bicyclic) bond motifs is 1. The molecule has 0 fully saturated rings. The van der Waals surface area contributed by atoms with Gasteiger partial charge in [-0.15, -0.1) is 6.58 Å². The highest BCUT2D eigenvalue weighted by atomic mass is 16.2. The lowest BCUT2D eigenvalue weighted by Crippen LogP contribution is -2.28. The quantitative estimate of drug-likeness (QED) is 0.796. The lowest BCUT2D eigenvalue weighted by Gasteiger charge is -2.05. The zero-order valence-corrected chi connectivity index (χ0v) is 12.8. The Hall–Kier alpha value is -2.63. The molecule has 2 N–H and O–H groups in total. The van der Waals surface area contributed by atoms with Crippen LogP contribution in [0.5, 0.6) is 0 Å². The molecule has 0 aliphatic carbocycles. The Morgan fingerprint density at radius 1 is 1.32 bits per heavy atom. The van der Waals surface area contributed by atoms with Gasteiger partial charge in [0.2, 0.25) is 5.82 Å².